The Kier molecular flexibility index (Phi) is 6.00. The minimum atomic E-state index is -0.266. The van der Waals surface area contributed by atoms with E-state index in [1.54, 1.807) is 4.40 Å². The Bertz CT molecular complexity index is 1370. The second-order valence-electron chi connectivity index (χ2n) is 7.44. The summed E-state index contributed by atoms with van der Waals surface area (Å²) in [6, 6.07) is 17.9. The highest BCUT2D eigenvalue weighted by Gasteiger charge is 2.14. The van der Waals surface area contributed by atoms with Crippen molar-refractivity contribution in [2.24, 2.45) is 0 Å². The molecule has 0 aliphatic rings. The first-order valence-electron chi connectivity index (χ1n) is 10.5. The fraction of sp³-hybridized carbons (Fsp3) is 0.240. The summed E-state index contributed by atoms with van der Waals surface area (Å²) in [6.07, 6.45) is 2.33. The maximum Gasteiger partial charge on any atom is 0.277 e. The number of aryl methyl sites for hydroxylation is 1. The van der Waals surface area contributed by atoms with Gasteiger partial charge in [-0.3, -0.25) is 14.0 Å². The van der Waals surface area contributed by atoms with E-state index in [0.29, 0.717) is 27.2 Å². The predicted octanol–water partition coefficient (Wildman–Crippen LogP) is 3.41. The van der Waals surface area contributed by atoms with Crippen molar-refractivity contribution in [3.05, 3.63) is 102 Å². The van der Waals surface area contributed by atoms with Crippen molar-refractivity contribution in [3.8, 4) is 0 Å². The van der Waals surface area contributed by atoms with E-state index in [-0.39, 0.29) is 11.1 Å². The Morgan fingerprint density at radius 2 is 1.68 bits per heavy atom. The number of anilines is 1. The summed E-state index contributed by atoms with van der Waals surface area (Å²) in [6.45, 7) is 7.99. The molecule has 6 heteroatoms. The topological polar surface area (TPSA) is 54.7 Å². The average Bonchev–Trinajstić information content (AvgIpc) is 3.08. The molecule has 0 saturated carbocycles. The second-order valence-corrected chi connectivity index (χ2v) is 8.45. The van der Waals surface area contributed by atoms with Gasteiger partial charge < -0.3 is 4.90 Å². The molecule has 0 unspecified atom stereocenters. The Morgan fingerprint density at radius 3 is 2.32 bits per heavy atom. The molecule has 31 heavy (non-hydrogen) atoms. The third-order valence-corrected chi connectivity index (χ3v) is 6.55. The third-order valence-electron chi connectivity index (χ3n) is 5.58. The fourth-order valence-corrected chi connectivity index (χ4v) is 4.82. The van der Waals surface area contributed by atoms with Crippen LogP contribution in [0.4, 0.5) is 5.69 Å². The van der Waals surface area contributed by atoms with Crippen LogP contribution in [0.1, 0.15) is 36.2 Å². The SMILES string of the molecule is CCN(CC)c1ccc(C=c2sc3nc(=O)c(Cc4ccccc4)c(C)n3c2=O)cc1. The first-order valence-corrected chi connectivity index (χ1v) is 11.3. The lowest BCUT2D eigenvalue weighted by atomic mass is 10.1. The van der Waals surface area contributed by atoms with Gasteiger partial charge in [-0.15, -0.1) is 0 Å². The zero-order chi connectivity index (χ0) is 22.0. The minimum Gasteiger partial charge on any atom is -0.372 e. The molecule has 5 nitrogen and oxygen atoms in total. The molecule has 4 aromatic rings. The summed E-state index contributed by atoms with van der Waals surface area (Å²) < 4.78 is 2.14. The van der Waals surface area contributed by atoms with E-state index in [1.165, 1.54) is 11.3 Å². The average molecular weight is 432 g/mol. The largest absolute Gasteiger partial charge is 0.372 e. The second kappa shape index (κ2) is 8.86. The molecule has 0 N–H and O–H groups in total. The molecule has 2 aromatic carbocycles. The van der Waals surface area contributed by atoms with Crippen LogP contribution in [-0.2, 0) is 6.42 Å². The maximum absolute atomic E-state index is 13.1. The smallest absolute Gasteiger partial charge is 0.277 e. The minimum absolute atomic E-state index is 0.132. The molecule has 2 aromatic heterocycles. The van der Waals surface area contributed by atoms with Crippen LogP contribution in [0, 0.1) is 6.92 Å². The summed E-state index contributed by atoms with van der Waals surface area (Å²) in [7, 11) is 0. The molecule has 158 valence electrons. The van der Waals surface area contributed by atoms with E-state index < -0.39 is 0 Å². The van der Waals surface area contributed by atoms with Gasteiger partial charge in [-0.2, -0.15) is 4.98 Å². The van der Waals surface area contributed by atoms with Crippen LogP contribution >= 0.6 is 11.3 Å². The Balaban J connectivity index is 1.77. The van der Waals surface area contributed by atoms with E-state index in [4.69, 9.17) is 0 Å². The van der Waals surface area contributed by atoms with E-state index in [2.05, 4.69) is 35.9 Å². The van der Waals surface area contributed by atoms with Crippen molar-refractivity contribution in [1.29, 1.82) is 0 Å². The quantitative estimate of drug-likeness (QED) is 0.470. The number of nitrogens with zero attached hydrogens (tertiary/aromatic N) is 3. The zero-order valence-corrected chi connectivity index (χ0v) is 18.8. The molecule has 0 aliphatic carbocycles. The van der Waals surface area contributed by atoms with Crippen LogP contribution in [0.15, 0.2) is 64.2 Å². The lowest BCUT2D eigenvalue weighted by molar-refractivity contribution is 0.866. The third kappa shape index (κ3) is 4.16. The molecule has 0 saturated heterocycles. The Hall–Kier alpha value is -3.25. The number of hydrogen-bond acceptors (Lipinski definition) is 5. The highest BCUT2D eigenvalue weighted by atomic mass is 32.1. The molecule has 0 spiro atoms. The molecule has 0 atom stereocenters. The van der Waals surface area contributed by atoms with Crippen molar-refractivity contribution in [3.63, 3.8) is 0 Å². The van der Waals surface area contributed by atoms with Gasteiger partial charge in [0.2, 0.25) is 4.96 Å². The van der Waals surface area contributed by atoms with Gasteiger partial charge in [0.1, 0.15) is 0 Å². The van der Waals surface area contributed by atoms with Crippen molar-refractivity contribution in [2.45, 2.75) is 27.2 Å². The van der Waals surface area contributed by atoms with Crippen molar-refractivity contribution < 1.29 is 0 Å². The first-order chi connectivity index (χ1) is 15.0. The van der Waals surface area contributed by atoms with E-state index in [9.17, 15) is 9.59 Å². The summed E-state index contributed by atoms with van der Waals surface area (Å²) in [5.74, 6) is 0. The summed E-state index contributed by atoms with van der Waals surface area (Å²) in [5.41, 5.74) is 3.96. The summed E-state index contributed by atoms with van der Waals surface area (Å²) >= 11 is 1.25. The molecule has 0 amide bonds. The van der Waals surface area contributed by atoms with Gasteiger partial charge in [0.25, 0.3) is 11.1 Å². The monoisotopic (exact) mass is 431 g/mol. The molecule has 0 bridgehead atoms. The van der Waals surface area contributed by atoms with Crippen LogP contribution in [0.2, 0.25) is 0 Å². The molecule has 0 fully saturated rings. The highest BCUT2D eigenvalue weighted by Crippen LogP contribution is 2.16. The zero-order valence-electron chi connectivity index (χ0n) is 18.0. The molecule has 2 heterocycles. The molecular weight excluding hydrogens is 406 g/mol. The highest BCUT2D eigenvalue weighted by molar-refractivity contribution is 7.15. The number of aromatic nitrogens is 2. The molecule has 0 radical (unpaired) electrons. The van der Waals surface area contributed by atoms with Gasteiger partial charge in [-0.25, -0.2) is 0 Å². The number of benzene rings is 2. The number of rotatable bonds is 6. The number of fused-ring (bicyclic) bond motifs is 1. The van der Waals surface area contributed by atoms with Crippen LogP contribution in [0.5, 0.6) is 0 Å². The molecule has 4 rings (SSSR count). The lowest BCUT2D eigenvalue weighted by Crippen LogP contribution is -2.27. The van der Waals surface area contributed by atoms with Crippen LogP contribution in [0.3, 0.4) is 0 Å². The van der Waals surface area contributed by atoms with E-state index >= 15 is 0 Å². The van der Waals surface area contributed by atoms with Gasteiger partial charge >= 0.3 is 0 Å². The van der Waals surface area contributed by atoms with E-state index in [1.807, 2.05) is 55.5 Å². The number of thiazole rings is 1. The predicted molar refractivity (Wildman–Crippen MR) is 128 cm³/mol. The fourth-order valence-electron chi connectivity index (χ4n) is 3.81. The van der Waals surface area contributed by atoms with Gasteiger partial charge in [0, 0.05) is 36.5 Å². The van der Waals surface area contributed by atoms with Gasteiger partial charge in [-0.05, 0) is 50.1 Å². The van der Waals surface area contributed by atoms with Gasteiger partial charge in [0.05, 0.1) is 4.53 Å². The first kappa shape index (κ1) is 21.0. The van der Waals surface area contributed by atoms with Crippen molar-refractivity contribution in [2.75, 3.05) is 18.0 Å². The van der Waals surface area contributed by atoms with Gasteiger partial charge in [0.15, 0.2) is 0 Å². The summed E-state index contributed by atoms with van der Waals surface area (Å²) in [5, 5.41) is 0. The maximum atomic E-state index is 13.1. The lowest BCUT2D eigenvalue weighted by Gasteiger charge is -2.20. The standard InChI is InChI=1S/C25H25N3O2S/c1-4-27(5-2)20-13-11-19(12-14-20)16-22-24(30)28-17(3)21(23(29)26-25(28)31-22)15-18-9-7-6-8-10-18/h6-14,16H,4-5,15H2,1-3H3. The molecule has 0 aliphatic heterocycles. The van der Waals surface area contributed by atoms with Crippen molar-refractivity contribution in [1.82, 2.24) is 9.38 Å². The molecular formula is C25H25N3O2S. The van der Waals surface area contributed by atoms with Crippen LogP contribution < -0.4 is 20.6 Å². The number of hydrogen-bond donors (Lipinski definition) is 0. The van der Waals surface area contributed by atoms with Gasteiger partial charge in [-0.1, -0.05) is 53.8 Å². The Morgan fingerprint density at radius 1 is 1.00 bits per heavy atom. The normalized spacial score (nSPS) is 11.9. The van der Waals surface area contributed by atoms with E-state index in [0.717, 1.165) is 29.9 Å². The van der Waals surface area contributed by atoms with Crippen LogP contribution in [0.25, 0.3) is 11.0 Å². The summed E-state index contributed by atoms with van der Waals surface area (Å²) in [4.78, 5) is 32.7. The Labute approximate surface area is 184 Å². The van der Waals surface area contributed by atoms with Crippen molar-refractivity contribution >= 4 is 28.1 Å². The van der Waals surface area contributed by atoms with Crippen LogP contribution in [-0.4, -0.2) is 22.5 Å².